The van der Waals surface area contributed by atoms with Crippen molar-refractivity contribution in [1.82, 2.24) is 14.9 Å². The number of aliphatic hydroxyl groups excluding tert-OH is 1. The maximum Gasteiger partial charge on any atom is 0.128 e. The van der Waals surface area contributed by atoms with E-state index in [-0.39, 0.29) is 12.1 Å². The fourth-order valence-electron chi connectivity index (χ4n) is 2.16. The van der Waals surface area contributed by atoms with Gasteiger partial charge in [-0.2, -0.15) is 0 Å². The van der Waals surface area contributed by atoms with Gasteiger partial charge in [0.25, 0.3) is 0 Å². The normalized spacial score (nSPS) is 25.9. The zero-order chi connectivity index (χ0) is 11.5. The Kier molecular flexibility index (Phi) is 3.84. The van der Waals surface area contributed by atoms with E-state index in [1.807, 2.05) is 11.6 Å². The van der Waals surface area contributed by atoms with E-state index in [0.717, 1.165) is 25.1 Å². The molecule has 1 aliphatic carbocycles. The van der Waals surface area contributed by atoms with Crippen LogP contribution in [0.3, 0.4) is 0 Å². The van der Waals surface area contributed by atoms with Gasteiger partial charge >= 0.3 is 0 Å². The number of hydrogen-bond donors (Lipinski definition) is 2. The highest BCUT2D eigenvalue weighted by Gasteiger charge is 2.22. The monoisotopic (exact) mass is 243 g/mol. The molecule has 0 saturated heterocycles. The van der Waals surface area contributed by atoms with Gasteiger partial charge in [0.1, 0.15) is 11.0 Å². The summed E-state index contributed by atoms with van der Waals surface area (Å²) in [4.78, 5) is 4.21. The third-order valence-corrected chi connectivity index (χ3v) is 3.63. The molecular formula is C11H18ClN3O. The van der Waals surface area contributed by atoms with E-state index in [0.29, 0.717) is 11.7 Å². The van der Waals surface area contributed by atoms with Crippen LogP contribution in [0, 0.1) is 0 Å². The van der Waals surface area contributed by atoms with Crippen LogP contribution >= 0.6 is 11.6 Å². The lowest BCUT2D eigenvalue weighted by atomic mass is 9.93. The Bertz CT molecular complexity index is 353. The molecule has 16 heavy (non-hydrogen) atoms. The summed E-state index contributed by atoms with van der Waals surface area (Å²) >= 11 is 5.90. The largest absolute Gasteiger partial charge is 0.392 e. The van der Waals surface area contributed by atoms with Crippen molar-refractivity contribution in [3.8, 4) is 0 Å². The highest BCUT2D eigenvalue weighted by molar-refractivity contribution is 6.29. The average molecular weight is 244 g/mol. The van der Waals surface area contributed by atoms with Gasteiger partial charge in [-0.3, -0.25) is 0 Å². The number of nitrogens with zero attached hydrogens (tertiary/aromatic N) is 2. The molecule has 0 radical (unpaired) electrons. The Balaban J connectivity index is 1.89. The quantitative estimate of drug-likeness (QED) is 0.845. The SMILES string of the molecule is Cn1c(Cl)cnc1CNC1CCCCC1O. The maximum absolute atomic E-state index is 9.81. The first-order valence-corrected chi connectivity index (χ1v) is 6.14. The fraction of sp³-hybridized carbons (Fsp3) is 0.727. The van der Waals surface area contributed by atoms with Crippen LogP contribution in [0.5, 0.6) is 0 Å². The zero-order valence-electron chi connectivity index (χ0n) is 9.49. The first kappa shape index (κ1) is 11.9. The topological polar surface area (TPSA) is 50.1 Å². The number of hydrogen-bond acceptors (Lipinski definition) is 3. The molecule has 0 aliphatic heterocycles. The molecule has 1 aliphatic rings. The minimum absolute atomic E-state index is 0.198. The second-order valence-electron chi connectivity index (χ2n) is 4.40. The summed E-state index contributed by atoms with van der Waals surface area (Å²) in [6.45, 7) is 0.658. The van der Waals surface area contributed by atoms with Gasteiger partial charge in [0, 0.05) is 13.1 Å². The smallest absolute Gasteiger partial charge is 0.128 e. The average Bonchev–Trinajstić information content (AvgIpc) is 2.59. The van der Waals surface area contributed by atoms with Crippen LogP contribution < -0.4 is 5.32 Å². The molecule has 0 bridgehead atoms. The third kappa shape index (κ3) is 2.56. The molecule has 1 fully saturated rings. The Hall–Kier alpha value is -0.580. The summed E-state index contributed by atoms with van der Waals surface area (Å²) in [7, 11) is 1.89. The van der Waals surface area contributed by atoms with E-state index in [1.165, 1.54) is 6.42 Å². The molecule has 4 nitrogen and oxygen atoms in total. The second kappa shape index (κ2) is 5.17. The van der Waals surface area contributed by atoms with Crippen molar-refractivity contribution in [1.29, 1.82) is 0 Å². The molecule has 0 amide bonds. The standard InChI is InChI=1S/C11H18ClN3O/c1-15-10(12)6-14-11(15)7-13-8-4-2-3-5-9(8)16/h6,8-9,13,16H,2-5,7H2,1H3. The number of halogens is 1. The summed E-state index contributed by atoms with van der Waals surface area (Å²) < 4.78 is 1.85. The van der Waals surface area contributed by atoms with Crippen LogP contribution in [-0.4, -0.2) is 26.8 Å². The predicted molar refractivity (Wildman–Crippen MR) is 63.3 cm³/mol. The minimum atomic E-state index is -0.218. The number of aromatic nitrogens is 2. The van der Waals surface area contributed by atoms with Gasteiger partial charge in [0.2, 0.25) is 0 Å². The molecule has 0 aromatic carbocycles. The van der Waals surface area contributed by atoms with Gasteiger partial charge in [-0.1, -0.05) is 24.4 Å². The lowest BCUT2D eigenvalue weighted by Gasteiger charge is -2.28. The second-order valence-corrected chi connectivity index (χ2v) is 4.78. The van der Waals surface area contributed by atoms with Crippen molar-refractivity contribution in [2.24, 2.45) is 7.05 Å². The van der Waals surface area contributed by atoms with Crippen molar-refractivity contribution in [2.45, 2.75) is 44.4 Å². The molecule has 0 spiro atoms. The van der Waals surface area contributed by atoms with Crippen molar-refractivity contribution >= 4 is 11.6 Å². The number of aliphatic hydroxyl groups is 1. The lowest BCUT2D eigenvalue weighted by molar-refractivity contribution is 0.0898. The van der Waals surface area contributed by atoms with Crippen LogP contribution in [0.15, 0.2) is 6.20 Å². The number of rotatable bonds is 3. The molecule has 2 atom stereocenters. The molecule has 1 heterocycles. The molecule has 2 unspecified atom stereocenters. The number of imidazole rings is 1. The molecule has 5 heteroatoms. The third-order valence-electron chi connectivity index (χ3n) is 3.28. The lowest BCUT2D eigenvalue weighted by Crippen LogP contribution is -2.41. The summed E-state index contributed by atoms with van der Waals surface area (Å²) in [6.07, 6.45) is 5.70. The van der Waals surface area contributed by atoms with E-state index >= 15 is 0 Å². The Morgan fingerprint density at radius 2 is 2.31 bits per heavy atom. The molecule has 90 valence electrons. The predicted octanol–water partition coefficient (Wildman–Crippen LogP) is 1.47. The highest BCUT2D eigenvalue weighted by atomic mass is 35.5. The molecule has 1 saturated carbocycles. The van der Waals surface area contributed by atoms with Gasteiger partial charge in [-0.05, 0) is 12.8 Å². The fourth-order valence-corrected chi connectivity index (χ4v) is 2.31. The zero-order valence-corrected chi connectivity index (χ0v) is 10.2. The summed E-state index contributed by atoms with van der Waals surface area (Å²) in [5.41, 5.74) is 0. The van der Waals surface area contributed by atoms with Crippen molar-refractivity contribution in [3.63, 3.8) is 0 Å². The summed E-state index contributed by atoms with van der Waals surface area (Å²) in [5.74, 6) is 0.905. The first-order valence-electron chi connectivity index (χ1n) is 5.76. The molecule has 2 N–H and O–H groups in total. The minimum Gasteiger partial charge on any atom is -0.392 e. The van der Waals surface area contributed by atoms with Crippen molar-refractivity contribution < 1.29 is 5.11 Å². The Morgan fingerprint density at radius 1 is 1.56 bits per heavy atom. The van der Waals surface area contributed by atoms with Crippen LogP contribution in [0.4, 0.5) is 0 Å². The molecule has 1 aromatic heterocycles. The van der Waals surface area contributed by atoms with Crippen LogP contribution in [0.2, 0.25) is 5.15 Å². The molecular weight excluding hydrogens is 226 g/mol. The van der Waals surface area contributed by atoms with E-state index in [2.05, 4.69) is 10.3 Å². The molecule has 1 aromatic rings. The van der Waals surface area contributed by atoms with Gasteiger partial charge in [-0.15, -0.1) is 0 Å². The summed E-state index contributed by atoms with van der Waals surface area (Å²) in [6, 6.07) is 0.198. The van der Waals surface area contributed by atoms with E-state index < -0.39 is 0 Å². The van der Waals surface area contributed by atoms with E-state index in [1.54, 1.807) is 6.20 Å². The van der Waals surface area contributed by atoms with Crippen LogP contribution in [0.1, 0.15) is 31.5 Å². The Morgan fingerprint density at radius 3 is 2.94 bits per heavy atom. The first-order chi connectivity index (χ1) is 7.68. The van der Waals surface area contributed by atoms with E-state index in [4.69, 9.17) is 11.6 Å². The van der Waals surface area contributed by atoms with Gasteiger partial charge in [0.05, 0.1) is 18.8 Å². The van der Waals surface area contributed by atoms with E-state index in [9.17, 15) is 5.11 Å². The highest BCUT2D eigenvalue weighted by Crippen LogP contribution is 2.18. The maximum atomic E-state index is 9.81. The van der Waals surface area contributed by atoms with Crippen molar-refractivity contribution in [2.75, 3.05) is 0 Å². The van der Waals surface area contributed by atoms with Crippen LogP contribution in [0.25, 0.3) is 0 Å². The molecule has 2 rings (SSSR count). The van der Waals surface area contributed by atoms with Gasteiger partial charge < -0.3 is 15.0 Å². The number of nitrogens with one attached hydrogen (secondary N) is 1. The van der Waals surface area contributed by atoms with Crippen molar-refractivity contribution in [3.05, 3.63) is 17.2 Å². The van der Waals surface area contributed by atoms with Crippen LogP contribution in [-0.2, 0) is 13.6 Å². The van der Waals surface area contributed by atoms with Gasteiger partial charge in [0.15, 0.2) is 0 Å². The summed E-state index contributed by atoms with van der Waals surface area (Å²) in [5, 5.41) is 13.8. The Labute approximate surface area is 101 Å². The van der Waals surface area contributed by atoms with Gasteiger partial charge in [-0.25, -0.2) is 4.98 Å².